The first-order chi connectivity index (χ1) is 10.0. The van der Waals surface area contributed by atoms with Crippen molar-refractivity contribution < 1.29 is 4.79 Å². The zero-order chi connectivity index (χ0) is 15.4. The highest BCUT2D eigenvalue weighted by Gasteiger charge is 2.15. The minimum absolute atomic E-state index is 0.208. The molecule has 0 aliphatic rings. The Hall–Kier alpha value is -2.58. The Morgan fingerprint density at radius 1 is 1.33 bits per heavy atom. The predicted octanol–water partition coefficient (Wildman–Crippen LogP) is 2.92. The monoisotopic (exact) mass is 300 g/mol. The van der Waals surface area contributed by atoms with Crippen LogP contribution in [0.5, 0.6) is 0 Å². The fourth-order valence-electron chi connectivity index (χ4n) is 1.82. The summed E-state index contributed by atoms with van der Waals surface area (Å²) < 4.78 is 0. The maximum Gasteiger partial charge on any atom is 0.258 e. The van der Waals surface area contributed by atoms with E-state index in [9.17, 15) is 4.79 Å². The average molecular weight is 301 g/mol. The van der Waals surface area contributed by atoms with E-state index >= 15 is 0 Å². The fraction of sp³-hybridized carbons (Fsp3) is 0.133. The summed E-state index contributed by atoms with van der Waals surface area (Å²) in [5.74, 6) is 0.319. The minimum atomic E-state index is -0.208. The van der Waals surface area contributed by atoms with Gasteiger partial charge in [0.25, 0.3) is 5.91 Å². The van der Waals surface area contributed by atoms with Gasteiger partial charge in [-0.15, -0.1) is 0 Å². The maximum atomic E-state index is 12.5. The predicted molar refractivity (Wildman–Crippen MR) is 82.7 cm³/mol. The van der Waals surface area contributed by atoms with Crippen molar-refractivity contribution in [3.05, 3.63) is 52.7 Å². The summed E-state index contributed by atoms with van der Waals surface area (Å²) in [6, 6.07) is 12.0. The quantitative estimate of drug-likeness (QED) is 0.885. The Morgan fingerprint density at radius 3 is 2.57 bits per heavy atom. The van der Waals surface area contributed by atoms with Gasteiger partial charge < -0.3 is 10.2 Å². The second kappa shape index (κ2) is 6.25. The highest BCUT2D eigenvalue weighted by Crippen LogP contribution is 2.19. The van der Waals surface area contributed by atoms with E-state index in [1.807, 2.05) is 6.07 Å². The van der Waals surface area contributed by atoms with Crippen molar-refractivity contribution in [3.63, 3.8) is 0 Å². The van der Waals surface area contributed by atoms with Gasteiger partial charge in [-0.25, -0.2) is 4.98 Å². The number of benzene rings is 1. The zero-order valence-corrected chi connectivity index (χ0v) is 12.3. The third kappa shape index (κ3) is 3.30. The molecule has 0 atom stereocenters. The van der Waals surface area contributed by atoms with Crippen LogP contribution in [0.3, 0.4) is 0 Å². The zero-order valence-electron chi connectivity index (χ0n) is 11.6. The molecule has 1 aromatic carbocycles. The van der Waals surface area contributed by atoms with Crippen LogP contribution in [0.2, 0.25) is 5.15 Å². The van der Waals surface area contributed by atoms with Crippen molar-refractivity contribution in [1.82, 2.24) is 4.98 Å². The third-order valence-electron chi connectivity index (χ3n) is 2.99. The molecule has 1 amide bonds. The SMILES string of the molecule is CNc1cc(C(=O)N(C)c2ccc(C#N)cc2)cc(Cl)n1. The van der Waals surface area contributed by atoms with Gasteiger partial charge in [0.1, 0.15) is 11.0 Å². The van der Waals surface area contributed by atoms with Crippen LogP contribution in [0.25, 0.3) is 0 Å². The molecule has 106 valence electrons. The molecule has 1 heterocycles. The summed E-state index contributed by atoms with van der Waals surface area (Å²) in [6.45, 7) is 0. The Bertz CT molecular complexity index is 707. The van der Waals surface area contributed by atoms with E-state index in [-0.39, 0.29) is 11.1 Å². The first-order valence-corrected chi connectivity index (χ1v) is 6.56. The van der Waals surface area contributed by atoms with Gasteiger partial charge in [-0.3, -0.25) is 4.79 Å². The fourth-order valence-corrected chi connectivity index (χ4v) is 2.03. The summed E-state index contributed by atoms with van der Waals surface area (Å²) >= 11 is 5.91. The lowest BCUT2D eigenvalue weighted by molar-refractivity contribution is 0.0993. The lowest BCUT2D eigenvalue weighted by Gasteiger charge is -2.18. The molecule has 0 aliphatic carbocycles. The molecule has 0 radical (unpaired) electrons. The van der Waals surface area contributed by atoms with E-state index in [1.165, 1.54) is 11.0 Å². The van der Waals surface area contributed by atoms with Gasteiger partial charge in [0.05, 0.1) is 11.6 Å². The van der Waals surface area contributed by atoms with Crippen molar-refractivity contribution in [2.45, 2.75) is 0 Å². The van der Waals surface area contributed by atoms with E-state index in [1.54, 1.807) is 44.4 Å². The molecule has 2 aromatic rings. The van der Waals surface area contributed by atoms with Crippen molar-refractivity contribution in [1.29, 1.82) is 5.26 Å². The molecule has 0 bridgehead atoms. The second-order valence-electron chi connectivity index (χ2n) is 4.34. The molecule has 0 saturated carbocycles. The average Bonchev–Trinajstić information content (AvgIpc) is 2.52. The van der Waals surface area contributed by atoms with E-state index in [2.05, 4.69) is 10.3 Å². The number of halogens is 1. The van der Waals surface area contributed by atoms with E-state index < -0.39 is 0 Å². The first-order valence-electron chi connectivity index (χ1n) is 6.18. The standard InChI is InChI=1S/C15H13ClN4O/c1-18-14-8-11(7-13(16)19-14)15(21)20(2)12-5-3-10(9-17)4-6-12/h3-8H,1-2H3,(H,18,19). The number of rotatable bonds is 3. The van der Waals surface area contributed by atoms with E-state index in [0.29, 0.717) is 22.6 Å². The molecular formula is C15H13ClN4O. The Labute approximate surface area is 127 Å². The van der Waals surface area contributed by atoms with Crippen LogP contribution in [0.1, 0.15) is 15.9 Å². The van der Waals surface area contributed by atoms with Gasteiger partial charge in [-0.1, -0.05) is 11.6 Å². The van der Waals surface area contributed by atoms with Crippen LogP contribution in [0, 0.1) is 11.3 Å². The van der Waals surface area contributed by atoms with Gasteiger partial charge >= 0.3 is 0 Å². The van der Waals surface area contributed by atoms with Crippen molar-refractivity contribution in [3.8, 4) is 6.07 Å². The smallest absolute Gasteiger partial charge is 0.258 e. The molecule has 0 saturated heterocycles. The number of anilines is 2. The summed E-state index contributed by atoms with van der Waals surface area (Å²) in [6.07, 6.45) is 0. The normalized spacial score (nSPS) is 9.81. The van der Waals surface area contributed by atoms with Gasteiger partial charge in [-0.2, -0.15) is 5.26 Å². The van der Waals surface area contributed by atoms with Crippen LogP contribution in [-0.2, 0) is 0 Å². The van der Waals surface area contributed by atoms with Crippen LogP contribution in [-0.4, -0.2) is 25.0 Å². The van der Waals surface area contributed by atoms with Crippen LogP contribution in [0.15, 0.2) is 36.4 Å². The number of amides is 1. The molecule has 6 heteroatoms. The van der Waals surface area contributed by atoms with Crippen LogP contribution in [0.4, 0.5) is 11.5 Å². The number of carbonyl (C=O) groups excluding carboxylic acids is 1. The van der Waals surface area contributed by atoms with Gasteiger partial charge in [0.2, 0.25) is 0 Å². The Morgan fingerprint density at radius 2 is 2.00 bits per heavy atom. The molecule has 1 N–H and O–H groups in total. The van der Waals surface area contributed by atoms with Crippen molar-refractivity contribution in [2.24, 2.45) is 0 Å². The second-order valence-corrected chi connectivity index (χ2v) is 4.72. The Balaban J connectivity index is 2.30. The molecule has 21 heavy (non-hydrogen) atoms. The molecule has 1 aromatic heterocycles. The lowest BCUT2D eigenvalue weighted by Crippen LogP contribution is -2.26. The number of hydrogen-bond donors (Lipinski definition) is 1. The highest BCUT2D eigenvalue weighted by atomic mass is 35.5. The number of nitrogens with one attached hydrogen (secondary N) is 1. The number of carbonyl (C=O) groups is 1. The van der Waals surface area contributed by atoms with E-state index in [0.717, 1.165) is 0 Å². The molecule has 5 nitrogen and oxygen atoms in total. The van der Waals surface area contributed by atoms with Gasteiger partial charge in [0, 0.05) is 25.3 Å². The molecule has 0 unspecified atom stereocenters. The summed E-state index contributed by atoms with van der Waals surface area (Å²) in [5, 5.41) is 11.9. The molecule has 0 fully saturated rings. The summed E-state index contributed by atoms with van der Waals surface area (Å²) in [7, 11) is 3.37. The number of nitriles is 1. The van der Waals surface area contributed by atoms with Gasteiger partial charge in [0.15, 0.2) is 0 Å². The van der Waals surface area contributed by atoms with E-state index in [4.69, 9.17) is 16.9 Å². The van der Waals surface area contributed by atoms with Crippen LogP contribution < -0.4 is 10.2 Å². The topological polar surface area (TPSA) is 69.0 Å². The van der Waals surface area contributed by atoms with Crippen molar-refractivity contribution >= 4 is 29.0 Å². The number of aromatic nitrogens is 1. The van der Waals surface area contributed by atoms with Crippen LogP contribution >= 0.6 is 11.6 Å². The molecule has 2 rings (SSSR count). The number of nitrogens with zero attached hydrogens (tertiary/aromatic N) is 3. The highest BCUT2D eigenvalue weighted by molar-refractivity contribution is 6.30. The first kappa shape index (κ1) is 14.8. The van der Waals surface area contributed by atoms with Gasteiger partial charge in [-0.05, 0) is 36.4 Å². The Kier molecular flexibility index (Phi) is 4.41. The molecule has 0 aliphatic heterocycles. The maximum absolute atomic E-state index is 12.5. The summed E-state index contributed by atoms with van der Waals surface area (Å²) in [5.41, 5.74) is 1.67. The number of hydrogen-bond acceptors (Lipinski definition) is 4. The molecular weight excluding hydrogens is 288 g/mol. The minimum Gasteiger partial charge on any atom is -0.373 e. The largest absolute Gasteiger partial charge is 0.373 e. The summed E-state index contributed by atoms with van der Waals surface area (Å²) in [4.78, 5) is 18.0. The number of pyridine rings is 1. The van der Waals surface area contributed by atoms with Crippen molar-refractivity contribution in [2.75, 3.05) is 24.3 Å². The third-order valence-corrected chi connectivity index (χ3v) is 3.18. The lowest BCUT2D eigenvalue weighted by atomic mass is 10.2. The molecule has 0 spiro atoms.